The number of rotatable bonds is 4. The largest absolute Gasteiger partial charge is 0.345 e. The lowest BCUT2D eigenvalue weighted by atomic mass is 9.84. The van der Waals surface area contributed by atoms with Gasteiger partial charge < -0.3 is 19.6 Å². The Bertz CT molecular complexity index is 807. The number of aromatic nitrogens is 1. The number of hydrogen-bond donors (Lipinski definition) is 0. The van der Waals surface area contributed by atoms with Crippen molar-refractivity contribution in [2.75, 3.05) is 63.8 Å². The molecule has 0 radical (unpaired) electrons. The minimum absolute atomic E-state index is 0.117. The molecule has 4 aliphatic rings. The van der Waals surface area contributed by atoms with Gasteiger partial charge in [0, 0.05) is 69.1 Å². The summed E-state index contributed by atoms with van der Waals surface area (Å²) in [6, 6.07) is 0. The molecular formula is C23H35N5O2S. The van der Waals surface area contributed by atoms with Gasteiger partial charge >= 0.3 is 0 Å². The van der Waals surface area contributed by atoms with Crippen molar-refractivity contribution in [2.45, 2.75) is 45.4 Å². The summed E-state index contributed by atoms with van der Waals surface area (Å²) in [5.41, 5.74) is 1.20. The van der Waals surface area contributed by atoms with E-state index in [1.807, 2.05) is 0 Å². The fourth-order valence-corrected chi connectivity index (χ4v) is 6.52. The van der Waals surface area contributed by atoms with Gasteiger partial charge in [0.05, 0.1) is 5.69 Å². The number of carbonyl (C=O) groups is 2. The summed E-state index contributed by atoms with van der Waals surface area (Å²) in [5.74, 6) is 1.12. The van der Waals surface area contributed by atoms with Crippen LogP contribution in [0.2, 0.25) is 0 Å². The van der Waals surface area contributed by atoms with E-state index in [2.05, 4.69) is 26.5 Å². The van der Waals surface area contributed by atoms with Gasteiger partial charge in [0.25, 0.3) is 0 Å². The molecule has 0 spiro atoms. The maximum absolute atomic E-state index is 13.1. The van der Waals surface area contributed by atoms with Crippen LogP contribution in [-0.4, -0.2) is 90.4 Å². The zero-order chi connectivity index (χ0) is 21.4. The molecular weight excluding hydrogens is 410 g/mol. The van der Waals surface area contributed by atoms with Gasteiger partial charge in [-0.3, -0.25) is 9.59 Å². The lowest BCUT2D eigenvalue weighted by Gasteiger charge is -2.38. The molecule has 0 aromatic carbocycles. The van der Waals surface area contributed by atoms with Crippen molar-refractivity contribution in [1.29, 1.82) is 0 Å². The van der Waals surface area contributed by atoms with E-state index in [0.717, 1.165) is 96.1 Å². The van der Waals surface area contributed by atoms with Crippen molar-refractivity contribution in [1.82, 2.24) is 19.7 Å². The van der Waals surface area contributed by atoms with Gasteiger partial charge in [0.1, 0.15) is 0 Å². The monoisotopic (exact) mass is 445 g/mol. The van der Waals surface area contributed by atoms with E-state index in [1.165, 1.54) is 17.0 Å². The summed E-state index contributed by atoms with van der Waals surface area (Å²) in [7, 11) is 0. The predicted molar refractivity (Wildman–Crippen MR) is 122 cm³/mol. The van der Waals surface area contributed by atoms with E-state index in [1.54, 1.807) is 11.3 Å². The molecule has 0 N–H and O–H groups in total. The van der Waals surface area contributed by atoms with Gasteiger partial charge in [-0.15, -0.1) is 11.3 Å². The Balaban J connectivity index is 1.16. The minimum atomic E-state index is 0.117. The van der Waals surface area contributed by atoms with Crippen LogP contribution in [0.1, 0.15) is 43.2 Å². The second kappa shape index (κ2) is 9.06. The van der Waals surface area contributed by atoms with Crippen molar-refractivity contribution >= 4 is 28.3 Å². The smallest absolute Gasteiger partial charge is 0.226 e. The third-order valence-corrected chi connectivity index (χ3v) is 8.91. The third-order valence-electron chi connectivity index (χ3n) is 7.73. The Hall–Kier alpha value is -1.67. The molecule has 2 saturated heterocycles. The van der Waals surface area contributed by atoms with Crippen LogP contribution in [0.25, 0.3) is 0 Å². The first-order valence-corrected chi connectivity index (χ1v) is 13.0. The number of piperazine rings is 2. The Morgan fingerprint density at radius 1 is 0.903 bits per heavy atom. The molecule has 7 nitrogen and oxygen atoms in total. The average Bonchev–Trinajstić information content (AvgIpc) is 3.21. The molecule has 3 heterocycles. The van der Waals surface area contributed by atoms with Crippen molar-refractivity contribution in [3.63, 3.8) is 0 Å². The standard InChI is InChI=1S/C23H35N5O2S/c1-2-25-8-10-26(11-9-25)22(30)18-6-7-19-20(16-18)31-23(24-19)28-14-12-27(13-15-28)21(29)17-4-3-5-17/h17-18H,2-16H2,1H3. The van der Waals surface area contributed by atoms with Crippen LogP contribution < -0.4 is 4.90 Å². The highest BCUT2D eigenvalue weighted by molar-refractivity contribution is 7.15. The fraction of sp³-hybridized carbons (Fsp3) is 0.783. The maximum atomic E-state index is 13.1. The van der Waals surface area contributed by atoms with Gasteiger partial charge in [-0.2, -0.15) is 0 Å². The molecule has 0 bridgehead atoms. The number of fused-ring (bicyclic) bond motifs is 1. The zero-order valence-electron chi connectivity index (χ0n) is 18.7. The van der Waals surface area contributed by atoms with Crippen LogP contribution in [0.5, 0.6) is 0 Å². The number of hydrogen-bond acceptors (Lipinski definition) is 6. The molecule has 8 heteroatoms. The summed E-state index contributed by atoms with van der Waals surface area (Å²) >= 11 is 1.78. The minimum Gasteiger partial charge on any atom is -0.345 e. The molecule has 170 valence electrons. The molecule has 1 atom stereocenters. The fourth-order valence-electron chi connectivity index (χ4n) is 5.28. The predicted octanol–water partition coefficient (Wildman–Crippen LogP) is 1.86. The number of anilines is 1. The highest BCUT2D eigenvalue weighted by Crippen LogP contribution is 2.35. The lowest BCUT2D eigenvalue weighted by molar-refractivity contribution is -0.138. The van der Waals surface area contributed by atoms with Gasteiger partial charge in [-0.1, -0.05) is 13.3 Å². The van der Waals surface area contributed by atoms with Crippen LogP contribution >= 0.6 is 11.3 Å². The second-order valence-corrected chi connectivity index (χ2v) is 10.6. The molecule has 1 aromatic heterocycles. The topological polar surface area (TPSA) is 60.0 Å². The normalized spacial score (nSPS) is 25.3. The van der Waals surface area contributed by atoms with Crippen LogP contribution in [0.3, 0.4) is 0 Å². The number of amides is 2. The molecule has 1 aromatic rings. The van der Waals surface area contributed by atoms with Crippen LogP contribution in [-0.2, 0) is 22.4 Å². The van der Waals surface area contributed by atoms with Crippen LogP contribution in [0.4, 0.5) is 5.13 Å². The van der Waals surface area contributed by atoms with Gasteiger partial charge in [-0.25, -0.2) is 4.98 Å². The van der Waals surface area contributed by atoms with E-state index < -0.39 is 0 Å². The van der Waals surface area contributed by atoms with Crippen molar-refractivity contribution in [3.8, 4) is 0 Å². The maximum Gasteiger partial charge on any atom is 0.226 e. The summed E-state index contributed by atoms with van der Waals surface area (Å²) < 4.78 is 0. The van der Waals surface area contributed by atoms with E-state index in [-0.39, 0.29) is 11.8 Å². The van der Waals surface area contributed by atoms with Gasteiger partial charge in [0.15, 0.2) is 5.13 Å². The number of carbonyl (C=O) groups excluding carboxylic acids is 2. The van der Waals surface area contributed by atoms with E-state index in [0.29, 0.717) is 11.8 Å². The highest BCUT2D eigenvalue weighted by Gasteiger charge is 2.34. The first-order chi connectivity index (χ1) is 15.1. The van der Waals surface area contributed by atoms with E-state index in [4.69, 9.17) is 4.98 Å². The Morgan fingerprint density at radius 3 is 2.16 bits per heavy atom. The summed E-state index contributed by atoms with van der Waals surface area (Å²) in [6.45, 7) is 10.4. The number of nitrogens with zero attached hydrogens (tertiary/aromatic N) is 5. The first-order valence-electron chi connectivity index (χ1n) is 12.2. The molecule has 1 saturated carbocycles. The SMILES string of the molecule is CCN1CCN(C(=O)C2CCc3nc(N4CCN(C(=O)C5CCC5)CC4)sc3C2)CC1. The molecule has 2 aliphatic carbocycles. The van der Waals surface area contributed by atoms with E-state index >= 15 is 0 Å². The second-order valence-electron chi connectivity index (χ2n) is 9.51. The molecule has 1 unspecified atom stereocenters. The Kier molecular flexibility index (Phi) is 6.19. The number of thiazole rings is 1. The van der Waals surface area contributed by atoms with Crippen molar-refractivity contribution in [2.24, 2.45) is 11.8 Å². The highest BCUT2D eigenvalue weighted by atomic mass is 32.1. The van der Waals surface area contributed by atoms with Crippen LogP contribution in [0, 0.1) is 11.8 Å². The lowest BCUT2D eigenvalue weighted by Crippen LogP contribution is -2.51. The molecule has 31 heavy (non-hydrogen) atoms. The Morgan fingerprint density at radius 2 is 1.55 bits per heavy atom. The number of likely N-dealkylation sites (N-methyl/N-ethyl adjacent to an activating group) is 1. The van der Waals surface area contributed by atoms with Crippen molar-refractivity contribution < 1.29 is 9.59 Å². The Labute approximate surface area is 189 Å². The average molecular weight is 446 g/mol. The first kappa shape index (κ1) is 21.2. The third kappa shape index (κ3) is 4.33. The summed E-state index contributed by atoms with van der Waals surface area (Å²) in [5, 5.41) is 1.09. The zero-order valence-corrected chi connectivity index (χ0v) is 19.5. The van der Waals surface area contributed by atoms with Crippen LogP contribution in [0.15, 0.2) is 0 Å². The number of aryl methyl sites for hydroxylation is 1. The quantitative estimate of drug-likeness (QED) is 0.708. The summed E-state index contributed by atoms with van der Waals surface area (Å²) in [4.78, 5) is 40.7. The molecule has 5 rings (SSSR count). The van der Waals surface area contributed by atoms with Gasteiger partial charge in [-0.05, 0) is 38.6 Å². The molecule has 2 amide bonds. The summed E-state index contributed by atoms with van der Waals surface area (Å²) in [6.07, 6.45) is 6.04. The van der Waals surface area contributed by atoms with E-state index in [9.17, 15) is 9.59 Å². The van der Waals surface area contributed by atoms with Crippen molar-refractivity contribution in [3.05, 3.63) is 10.6 Å². The molecule has 3 fully saturated rings. The van der Waals surface area contributed by atoms with Gasteiger partial charge in [0.2, 0.25) is 11.8 Å². The molecule has 2 aliphatic heterocycles.